The SMILES string of the molecule is COc1ccc(Cl)c2sc(N(CC3CCCO3)C(=O)/C=C/c3cccs3)nc12. The number of nitrogens with zero attached hydrogens (tertiary/aromatic N) is 2. The lowest BCUT2D eigenvalue weighted by Crippen LogP contribution is -2.36. The van der Waals surface area contributed by atoms with Crippen molar-refractivity contribution in [3.8, 4) is 5.75 Å². The van der Waals surface area contributed by atoms with Crippen molar-refractivity contribution in [3.05, 3.63) is 45.6 Å². The number of aromatic nitrogens is 1. The summed E-state index contributed by atoms with van der Waals surface area (Å²) in [6.45, 7) is 1.20. The zero-order chi connectivity index (χ0) is 19.5. The third-order valence-corrected chi connectivity index (χ3v) is 6.88. The van der Waals surface area contributed by atoms with Gasteiger partial charge < -0.3 is 9.47 Å². The maximum absolute atomic E-state index is 13.0. The fourth-order valence-corrected chi connectivity index (χ4v) is 4.99. The monoisotopic (exact) mass is 434 g/mol. The third-order valence-electron chi connectivity index (χ3n) is 4.51. The first-order valence-corrected chi connectivity index (χ1v) is 11.0. The molecule has 3 heterocycles. The smallest absolute Gasteiger partial charge is 0.252 e. The molecule has 1 aliphatic heterocycles. The molecule has 5 nitrogen and oxygen atoms in total. The van der Waals surface area contributed by atoms with Gasteiger partial charge in [0.1, 0.15) is 11.3 Å². The molecule has 1 saturated heterocycles. The molecule has 1 amide bonds. The molecule has 2 aromatic heterocycles. The van der Waals surface area contributed by atoms with Crippen molar-refractivity contribution < 1.29 is 14.3 Å². The van der Waals surface area contributed by atoms with E-state index in [0.717, 1.165) is 29.0 Å². The second kappa shape index (κ2) is 8.61. The highest BCUT2D eigenvalue weighted by atomic mass is 35.5. The summed E-state index contributed by atoms with van der Waals surface area (Å²) < 4.78 is 12.0. The van der Waals surface area contributed by atoms with Crippen molar-refractivity contribution in [2.24, 2.45) is 0 Å². The van der Waals surface area contributed by atoms with Gasteiger partial charge in [0.2, 0.25) is 0 Å². The van der Waals surface area contributed by atoms with E-state index in [-0.39, 0.29) is 12.0 Å². The van der Waals surface area contributed by atoms with Crippen LogP contribution in [0.1, 0.15) is 17.7 Å². The van der Waals surface area contributed by atoms with Crippen LogP contribution in [0.25, 0.3) is 16.3 Å². The Balaban J connectivity index is 1.69. The number of ether oxygens (including phenoxy) is 2. The van der Waals surface area contributed by atoms with Gasteiger partial charge in [0.15, 0.2) is 5.13 Å². The van der Waals surface area contributed by atoms with Gasteiger partial charge in [0.05, 0.1) is 29.5 Å². The molecule has 0 radical (unpaired) electrons. The molecule has 1 atom stereocenters. The second-order valence-corrected chi connectivity index (χ2v) is 8.72. The largest absolute Gasteiger partial charge is 0.494 e. The number of benzene rings is 1. The van der Waals surface area contributed by atoms with E-state index in [2.05, 4.69) is 4.98 Å². The number of halogens is 1. The first-order chi connectivity index (χ1) is 13.7. The highest BCUT2D eigenvalue weighted by Crippen LogP contribution is 2.39. The Hall–Kier alpha value is -1.93. The Morgan fingerprint density at radius 1 is 1.46 bits per heavy atom. The molecule has 0 spiro atoms. The van der Waals surface area contributed by atoms with Gasteiger partial charge in [-0.25, -0.2) is 4.98 Å². The van der Waals surface area contributed by atoms with Crippen LogP contribution in [0.4, 0.5) is 5.13 Å². The number of fused-ring (bicyclic) bond motifs is 1. The normalized spacial score (nSPS) is 16.9. The van der Waals surface area contributed by atoms with Crippen LogP contribution in [0, 0.1) is 0 Å². The number of methoxy groups -OCH3 is 1. The summed E-state index contributed by atoms with van der Waals surface area (Å²) in [5, 5.41) is 3.17. The summed E-state index contributed by atoms with van der Waals surface area (Å²) in [6, 6.07) is 7.51. The van der Waals surface area contributed by atoms with Crippen molar-refractivity contribution >= 4 is 61.6 Å². The predicted octanol–water partition coefficient (Wildman–Crippen LogP) is 5.25. The number of carbonyl (C=O) groups excluding carboxylic acids is 1. The topological polar surface area (TPSA) is 51.7 Å². The molecule has 1 aliphatic rings. The molecule has 0 aliphatic carbocycles. The predicted molar refractivity (Wildman–Crippen MR) is 116 cm³/mol. The zero-order valence-corrected chi connectivity index (χ0v) is 17.6. The number of thiazole rings is 1. The zero-order valence-electron chi connectivity index (χ0n) is 15.3. The minimum Gasteiger partial charge on any atom is -0.494 e. The van der Waals surface area contributed by atoms with Gasteiger partial charge in [0.25, 0.3) is 5.91 Å². The average Bonchev–Trinajstić information content (AvgIpc) is 3.46. The highest BCUT2D eigenvalue weighted by Gasteiger charge is 2.26. The summed E-state index contributed by atoms with van der Waals surface area (Å²) >= 11 is 9.34. The lowest BCUT2D eigenvalue weighted by Gasteiger charge is -2.21. The van der Waals surface area contributed by atoms with Crippen LogP contribution in [0.3, 0.4) is 0 Å². The molecule has 28 heavy (non-hydrogen) atoms. The molecule has 3 aromatic rings. The van der Waals surface area contributed by atoms with Crippen molar-refractivity contribution in [2.45, 2.75) is 18.9 Å². The van der Waals surface area contributed by atoms with E-state index in [0.29, 0.717) is 28.0 Å². The second-order valence-electron chi connectivity index (χ2n) is 6.36. The first kappa shape index (κ1) is 19.4. The summed E-state index contributed by atoms with van der Waals surface area (Å²) in [7, 11) is 1.60. The number of rotatable bonds is 6. The molecule has 146 valence electrons. The first-order valence-electron chi connectivity index (χ1n) is 8.93. The Morgan fingerprint density at radius 3 is 3.07 bits per heavy atom. The third kappa shape index (κ3) is 4.07. The van der Waals surface area contributed by atoms with Crippen molar-refractivity contribution in [1.29, 1.82) is 0 Å². The van der Waals surface area contributed by atoms with Crippen LogP contribution in [0.15, 0.2) is 35.7 Å². The molecular formula is C20H19ClN2O3S2. The van der Waals surface area contributed by atoms with Crippen LogP contribution in [0.5, 0.6) is 5.75 Å². The summed E-state index contributed by atoms with van der Waals surface area (Å²) in [4.78, 5) is 20.4. The van der Waals surface area contributed by atoms with Crippen LogP contribution >= 0.6 is 34.3 Å². The lowest BCUT2D eigenvalue weighted by atomic mass is 10.2. The Labute approximate surface area is 176 Å². The molecule has 8 heteroatoms. The Bertz CT molecular complexity index is 994. The van der Waals surface area contributed by atoms with E-state index in [1.807, 2.05) is 23.6 Å². The molecular weight excluding hydrogens is 416 g/mol. The van der Waals surface area contributed by atoms with E-state index in [4.69, 9.17) is 21.1 Å². The summed E-state index contributed by atoms with van der Waals surface area (Å²) in [5.74, 6) is 0.513. The number of anilines is 1. The molecule has 1 unspecified atom stereocenters. The number of hydrogen-bond acceptors (Lipinski definition) is 6. The minimum atomic E-state index is -0.127. The van der Waals surface area contributed by atoms with Gasteiger partial charge in [-0.2, -0.15) is 0 Å². The van der Waals surface area contributed by atoms with Gasteiger partial charge in [0, 0.05) is 17.6 Å². The van der Waals surface area contributed by atoms with E-state index < -0.39 is 0 Å². The maximum atomic E-state index is 13.0. The van der Waals surface area contributed by atoms with Crippen LogP contribution in [-0.2, 0) is 9.53 Å². The highest BCUT2D eigenvalue weighted by molar-refractivity contribution is 7.23. The van der Waals surface area contributed by atoms with Crippen LogP contribution < -0.4 is 9.64 Å². The van der Waals surface area contributed by atoms with Gasteiger partial charge >= 0.3 is 0 Å². The molecule has 0 N–H and O–H groups in total. The van der Waals surface area contributed by atoms with Crippen LogP contribution in [0.2, 0.25) is 5.02 Å². The fraction of sp³-hybridized carbons (Fsp3) is 0.300. The number of amides is 1. The van der Waals surface area contributed by atoms with Gasteiger partial charge in [-0.1, -0.05) is 29.0 Å². The van der Waals surface area contributed by atoms with E-state index in [9.17, 15) is 4.79 Å². The van der Waals surface area contributed by atoms with E-state index >= 15 is 0 Å². The summed E-state index contributed by atoms with van der Waals surface area (Å²) in [5.41, 5.74) is 0.669. The van der Waals surface area contributed by atoms with Gasteiger partial charge in [-0.3, -0.25) is 9.69 Å². The van der Waals surface area contributed by atoms with Crippen molar-refractivity contribution in [3.63, 3.8) is 0 Å². The van der Waals surface area contributed by atoms with Crippen LogP contribution in [-0.4, -0.2) is 37.3 Å². The summed E-state index contributed by atoms with van der Waals surface area (Å²) in [6.07, 6.45) is 5.38. The number of carbonyl (C=O) groups is 1. The lowest BCUT2D eigenvalue weighted by molar-refractivity contribution is -0.114. The Kier molecular flexibility index (Phi) is 5.96. The van der Waals surface area contributed by atoms with E-state index in [1.54, 1.807) is 41.6 Å². The molecule has 1 fully saturated rings. The molecule has 0 bridgehead atoms. The van der Waals surface area contributed by atoms with Gasteiger partial charge in [-0.05, 0) is 42.5 Å². The van der Waals surface area contributed by atoms with E-state index in [1.165, 1.54) is 11.3 Å². The van der Waals surface area contributed by atoms with Crippen molar-refractivity contribution in [2.75, 3.05) is 25.2 Å². The Morgan fingerprint density at radius 2 is 2.36 bits per heavy atom. The quantitative estimate of drug-likeness (QED) is 0.497. The minimum absolute atomic E-state index is 0.0171. The standard InChI is InChI=1S/C20H19ClN2O3S2/c1-25-16-8-7-15(21)19-18(16)22-20(28-19)23(12-13-4-2-10-26-13)17(24)9-6-14-5-3-11-27-14/h3,5-9,11,13H,2,4,10,12H2,1H3/b9-6+. The maximum Gasteiger partial charge on any atom is 0.252 e. The number of hydrogen-bond donors (Lipinski definition) is 0. The molecule has 4 rings (SSSR count). The number of thiophene rings is 1. The average molecular weight is 435 g/mol. The van der Waals surface area contributed by atoms with Gasteiger partial charge in [-0.15, -0.1) is 11.3 Å². The fourth-order valence-electron chi connectivity index (χ4n) is 3.11. The molecule has 1 aromatic carbocycles. The van der Waals surface area contributed by atoms with Crippen molar-refractivity contribution in [1.82, 2.24) is 4.98 Å². The molecule has 0 saturated carbocycles.